The van der Waals surface area contributed by atoms with E-state index in [4.69, 9.17) is 4.74 Å². The Hall–Kier alpha value is -1.86. The Morgan fingerprint density at radius 3 is 2.74 bits per heavy atom. The number of hydrogen-bond acceptors (Lipinski definition) is 5. The maximum Gasteiger partial charge on any atom is 0.341 e. The lowest BCUT2D eigenvalue weighted by molar-refractivity contribution is -0.114. The number of fused-ring (bicyclic) bond motifs is 1. The SMILES string of the molecule is CCOC(=O)c1c(NC(=O)CNc2ccc(Br)cc2)sc2c1CCC(C)C2. The molecule has 1 aromatic heterocycles. The summed E-state index contributed by atoms with van der Waals surface area (Å²) in [5.74, 6) is 0.0599. The highest BCUT2D eigenvalue weighted by atomic mass is 79.9. The van der Waals surface area contributed by atoms with Crippen molar-refractivity contribution in [1.82, 2.24) is 0 Å². The van der Waals surface area contributed by atoms with Crippen molar-refractivity contribution in [2.75, 3.05) is 23.8 Å². The summed E-state index contributed by atoms with van der Waals surface area (Å²) < 4.78 is 6.22. The third-order valence-corrected chi connectivity index (χ3v) is 6.24. The van der Waals surface area contributed by atoms with Crippen LogP contribution in [0.5, 0.6) is 0 Å². The Balaban J connectivity index is 1.73. The maximum atomic E-state index is 12.5. The molecule has 2 aromatic rings. The van der Waals surface area contributed by atoms with Crippen LogP contribution in [-0.2, 0) is 22.4 Å². The van der Waals surface area contributed by atoms with Gasteiger partial charge in [-0.15, -0.1) is 11.3 Å². The van der Waals surface area contributed by atoms with Gasteiger partial charge in [0.05, 0.1) is 18.7 Å². The average molecular weight is 451 g/mol. The first-order chi connectivity index (χ1) is 13.0. The Kier molecular flexibility index (Phi) is 6.55. The lowest BCUT2D eigenvalue weighted by atomic mass is 9.88. The molecular formula is C20H23BrN2O3S. The summed E-state index contributed by atoms with van der Waals surface area (Å²) in [6, 6.07) is 7.61. The second kappa shape index (κ2) is 8.89. The predicted octanol–water partition coefficient (Wildman–Crippen LogP) is 4.86. The van der Waals surface area contributed by atoms with Crippen LogP contribution in [0.25, 0.3) is 0 Å². The van der Waals surface area contributed by atoms with Crippen LogP contribution in [0, 0.1) is 5.92 Å². The number of carbonyl (C=O) groups excluding carboxylic acids is 2. The van der Waals surface area contributed by atoms with Gasteiger partial charge in [0.15, 0.2) is 0 Å². The van der Waals surface area contributed by atoms with E-state index in [9.17, 15) is 9.59 Å². The van der Waals surface area contributed by atoms with Gasteiger partial charge in [0.25, 0.3) is 0 Å². The van der Waals surface area contributed by atoms with E-state index in [1.165, 1.54) is 16.2 Å². The lowest BCUT2D eigenvalue weighted by Crippen LogP contribution is -2.22. The molecule has 5 nitrogen and oxygen atoms in total. The number of carbonyl (C=O) groups is 2. The van der Waals surface area contributed by atoms with E-state index in [1.54, 1.807) is 6.92 Å². The number of thiophene rings is 1. The molecule has 27 heavy (non-hydrogen) atoms. The van der Waals surface area contributed by atoms with Crippen molar-refractivity contribution in [3.8, 4) is 0 Å². The summed E-state index contributed by atoms with van der Waals surface area (Å²) in [7, 11) is 0. The number of ether oxygens (including phenoxy) is 1. The molecule has 0 bridgehead atoms. The lowest BCUT2D eigenvalue weighted by Gasteiger charge is -2.18. The van der Waals surface area contributed by atoms with Crippen molar-refractivity contribution < 1.29 is 14.3 Å². The van der Waals surface area contributed by atoms with Gasteiger partial charge in [0.1, 0.15) is 5.00 Å². The quantitative estimate of drug-likeness (QED) is 0.616. The zero-order valence-electron chi connectivity index (χ0n) is 15.4. The zero-order chi connectivity index (χ0) is 19.4. The summed E-state index contributed by atoms with van der Waals surface area (Å²) in [5.41, 5.74) is 2.45. The number of benzene rings is 1. The monoisotopic (exact) mass is 450 g/mol. The first-order valence-corrected chi connectivity index (χ1v) is 10.7. The van der Waals surface area contributed by atoms with Crippen LogP contribution < -0.4 is 10.6 Å². The first kappa shape index (κ1) is 19.9. The smallest absolute Gasteiger partial charge is 0.341 e. The molecule has 0 spiro atoms. The van der Waals surface area contributed by atoms with E-state index < -0.39 is 0 Å². The highest BCUT2D eigenvalue weighted by molar-refractivity contribution is 9.10. The number of esters is 1. The van der Waals surface area contributed by atoms with E-state index in [0.29, 0.717) is 23.1 Å². The van der Waals surface area contributed by atoms with Gasteiger partial charge in [-0.1, -0.05) is 22.9 Å². The molecule has 0 saturated carbocycles. The number of rotatable bonds is 6. The molecule has 0 saturated heterocycles. The molecule has 3 rings (SSSR count). The minimum Gasteiger partial charge on any atom is -0.462 e. The van der Waals surface area contributed by atoms with Gasteiger partial charge in [-0.2, -0.15) is 0 Å². The molecule has 1 heterocycles. The molecule has 1 unspecified atom stereocenters. The highest BCUT2D eigenvalue weighted by Gasteiger charge is 2.29. The molecule has 2 N–H and O–H groups in total. The van der Waals surface area contributed by atoms with E-state index in [2.05, 4.69) is 33.5 Å². The Labute approximate surface area is 171 Å². The summed E-state index contributed by atoms with van der Waals surface area (Å²) in [5, 5.41) is 6.61. The van der Waals surface area contributed by atoms with Crippen molar-refractivity contribution in [3.05, 3.63) is 44.7 Å². The van der Waals surface area contributed by atoms with Crippen molar-refractivity contribution in [3.63, 3.8) is 0 Å². The molecule has 0 aliphatic heterocycles. The molecule has 1 aromatic carbocycles. The molecule has 0 radical (unpaired) electrons. The van der Waals surface area contributed by atoms with Gasteiger partial charge in [-0.3, -0.25) is 4.79 Å². The zero-order valence-corrected chi connectivity index (χ0v) is 17.8. The Morgan fingerprint density at radius 1 is 1.30 bits per heavy atom. The minimum atomic E-state index is -0.347. The number of amides is 1. The standard InChI is InChI=1S/C20H23BrN2O3S/c1-3-26-20(25)18-15-9-4-12(2)10-16(15)27-19(18)23-17(24)11-22-14-7-5-13(21)6-8-14/h5-8,12,22H,3-4,9-11H2,1-2H3,(H,23,24). The van der Waals surface area contributed by atoms with Crippen molar-refractivity contribution in [2.24, 2.45) is 5.92 Å². The fourth-order valence-corrected chi connectivity index (χ4v) is 4.86. The largest absolute Gasteiger partial charge is 0.462 e. The summed E-state index contributed by atoms with van der Waals surface area (Å²) in [6.45, 7) is 4.45. The second-order valence-electron chi connectivity index (χ2n) is 6.68. The van der Waals surface area contributed by atoms with Crippen LogP contribution in [0.4, 0.5) is 10.7 Å². The molecular weight excluding hydrogens is 428 g/mol. The van der Waals surface area contributed by atoms with E-state index in [0.717, 1.165) is 35.0 Å². The van der Waals surface area contributed by atoms with Crippen LogP contribution >= 0.6 is 27.3 Å². The van der Waals surface area contributed by atoms with Crippen LogP contribution in [-0.4, -0.2) is 25.0 Å². The van der Waals surface area contributed by atoms with Gasteiger partial charge < -0.3 is 15.4 Å². The number of anilines is 2. The molecule has 144 valence electrons. The highest BCUT2D eigenvalue weighted by Crippen LogP contribution is 2.40. The van der Waals surface area contributed by atoms with Crippen LogP contribution in [0.1, 0.15) is 41.1 Å². The second-order valence-corrected chi connectivity index (χ2v) is 8.71. The van der Waals surface area contributed by atoms with Gasteiger partial charge in [0, 0.05) is 15.0 Å². The first-order valence-electron chi connectivity index (χ1n) is 9.08. The van der Waals surface area contributed by atoms with Crippen molar-refractivity contribution in [2.45, 2.75) is 33.1 Å². The molecule has 1 atom stereocenters. The number of halogens is 1. The number of hydrogen-bond donors (Lipinski definition) is 2. The Morgan fingerprint density at radius 2 is 2.04 bits per heavy atom. The normalized spacial score (nSPS) is 15.7. The van der Waals surface area contributed by atoms with Gasteiger partial charge in [-0.05, 0) is 61.9 Å². The van der Waals surface area contributed by atoms with Crippen molar-refractivity contribution in [1.29, 1.82) is 0 Å². The van der Waals surface area contributed by atoms with Crippen LogP contribution in [0.3, 0.4) is 0 Å². The number of nitrogens with one attached hydrogen (secondary N) is 2. The molecule has 1 aliphatic rings. The topological polar surface area (TPSA) is 67.4 Å². The van der Waals surface area contributed by atoms with Gasteiger partial charge >= 0.3 is 5.97 Å². The van der Waals surface area contributed by atoms with Crippen molar-refractivity contribution >= 4 is 49.8 Å². The van der Waals surface area contributed by atoms with Crippen LogP contribution in [0.15, 0.2) is 28.7 Å². The third kappa shape index (κ3) is 4.90. The molecule has 1 aliphatic carbocycles. The molecule has 0 fully saturated rings. The Bertz CT molecular complexity index is 832. The van der Waals surface area contributed by atoms with E-state index >= 15 is 0 Å². The van der Waals surface area contributed by atoms with E-state index in [-0.39, 0.29) is 18.4 Å². The summed E-state index contributed by atoms with van der Waals surface area (Å²) in [6.07, 6.45) is 2.85. The van der Waals surface area contributed by atoms with Crippen LogP contribution in [0.2, 0.25) is 0 Å². The van der Waals surface area contributed by atoms with Gasteiger partial charge in [0.2, 0.25) is 5.91 Å². The molecule has 7 heteroatoms. The fourth-order valence-electron chi connectivity index (χ4n) is 3.18. The average Bonchev–Trinajstić information content (AvgIpc) is 2.98. The maximum absolute atomic E-state index is 12.5. The summed E-state index contributed by atoms with van der Waals surface area (Å²) in [4.78, 5) is 26.1. The van der Waals surface area contributed by atoms with E-state index in [1.807, 2.05) is 24.3 Å². The fraction of sp³-hybridized carbons (Fsp3) is 0.400. The summed E-state index contributed by atoms with van der Waals surface area (Å²) >= 11 is 4.89. The predicted molar refractivity (Wildman–Crippen MR) is 113 cm³/mol. The third-order valence-electron chi connectivity index (χ3n) is 4.54. The van der Waals surface area contributed by atoms with Gasteiger partial charge in [-0.25, -0.2) is 4.79 Å². The molecule has 1 amide bonds. The minimum absolute atomic E-state index is 0.128.